The highest BCUT2D eigenvalue weighted by Gasteiger charge is 2.47. The molecule has 1 aliphatic rings. The van der Waals surface area contributed by atoms with Crippen LogP contribution in [0.4, 0.5) is 0 Å². The molecule has 0 bridgehead atoms. The van der Waals surface area contributed by atoms with E-state index in [0.717, 1.165) is 25.7 Å². The van der Waals surface area contributed by atoms with Gasteiger partial charge in [-0.05, 0) is 38.8 Å². The molecule has 1 N–H and O–H groups in total. The van der Waals surface area contributed by atoms with E-state index >= 15 is 0 Å². The van der Waals surface area contributed by atoms with Crippen LogP contribution in [0.5, 0.6) is 0 Å². The average Bonchev–Trinajstić information content (AvgIpc) is 2.01. The number of likely N-dealkylation sites (N-methyl/N-ethyl adjacent to an activating group) is 1. The molecule has 0 aromatic carbocycles. The van der Waals surface area contributed by atoms with Crippen molar-refractivity contribution >= 4 is 5.97 Å². The third kappa shape index (κ3) is 1.92. The Morgan fingerprint density at radius 2 is 1.86 bits per heavy atom. The number of rotatable bonds is 2. The van der Waals surface area contributed by atoms with Crippen molar-refractivity contribution in [2.45, 2.75) is 45.1 Å². The van der Waals surface area contributed by atoms with Gasteiger partial charge in [-0.2, -0.15) is 0 Å². The first kappa shape index (κ1) is 11.5. The number of carboxylic acid groups (broad SMARTS) is 1. The molecule has 0 spiro atoms. The largest absolute Gasteiger partial charge is 0.480 e. The van der Waals surface area contributed by atoms with Gasteiger partial charge in [-0.25, -0.2) is 0 Å². The van der Waals surface area contributed by atoms with Crippen molar-refractivity contribution in [2.75, 3.05) is 14.1 Å². The molecular formula is C11H21NO2. The maximum atomic E-state index is 11.4. The van der Waals surface area contributed by atoms with Crippen LogP contribution >= 0.6 is 0 Å². The Labute approximate surface area is 86.1 Å². The predicted octanol–water partition coefficient (Wildman–Crippen LogP) is 1.97. The van der Waals surface area contributed by atoms with E-state index < -0.39 is 11.5 Å². The van der Waals surface area contributed by atoms with Gasteiger partial charge in [-0.1, -0.05) is 20.3 Å². The number of carboxylic acids is 1. The van der Waals surface area contributed by atoms with E-state index in [9.17, 15) is 9.90 Å². The topological polar surface area (TPSA) is 40.5 Å². The Kier molecular flexibility index (Phi) is 2.91. The van der Waals surface area contributed by atoms with E-state index in [1.54, 1.807) is 0 Å². The van der Waals surface area contributed by atoms with E-state index in [1.165, 1.54) is 0 Å². The van der Waals surface area contributed by atoms with E-state index in [-0.39, 0.29) is 5.41 Å². The highest BCUT2D eigenvalue weighted by Crippen LogP contribution is 2.43. The first-order chi connectivity index (χ1) is 6.30. The van der Waals surface area contributed by atoms with Gasteiger partial charge in [0, 0.05) is 0 Å². The maximum absolute atomic E-state index is 11.4. The van der Waals surface area contributed by atoms with Gasteiger partial charge < -0.3 is 5.11 Å². The fourth-order valence-corrected chi connectivity index (χ4v) is 2.58. The van der Waals surface area contributed by atoms with Crippen LogP contribution < -0.4 is 0 Å². The Morgan fingerprint density at radius 3 is 2.14 bits per heavy atom. The Balaban J connectivity index is 2.94. The first-order valence-electron chi connectivity index (χ1n) is 5.21. The number of nitrogens with zero attached hydrogens (tertiary/aromatic N) is 1. The van der Waals surface area contributed by atoms with E-state index in [2.05, 4.69) is 13.8 Å². The van der Waals surface area contributed by atoms with Gasteiger partial charge in [0.05, 0.1) is 0 Å². The molecular weight excluding hydrogens is 178 g/mol. The highest BCUT2D eigenvalue weighted by molar-refractivity contribution is 5.79. The number of carbonyl (C=O) groups is 1. The summed E-state index contributed by atoms with van der Waals surface area (Å²) >= 11 is 0. The van der Waals surface area contributed by atoms with Crippen molar-refractivity contribution in [1.29, 1.82) is 0 Å². The second kappa shape index (κ2) is 3.54. The summed E-state index contributed by atoms with van der Waals surface area (Å²) < 4.78 is 0. The molecule has 3 heteroatoms. The maximum Gasteiger partial charge on any atom is 0.324 e. The Bertz CT molecular complexity index is 235. The molecule has 1 unspecified atom stereocenters. The smallest absolute Gasteiger partial charge is 0.324 e. The molecule has 0 radical (unpaired) electrons. The minimum Gasteiger partial charge on any atom is -0.480 e. The number of hydrogen-bond acceptors (Lipinski definition) is 2. The molecule has 82 valence electrons. The Hall–Kier alpha value is -0.570. The fraction of sp³-hybridized carbons (Fsp3) is 0.909. The summed E-state index contributed by atoms with van der Waals surface area (Å²) in [6.07, 6.45) is 3.68. The van der Waals surface area contributed by atoms with Crippen molar-refractivity contribution in [3.8, 4) is 0 Å². The third-order valence-electron chi connectivity index (χ3n) is 3.47. The average molecular weight is 199 g/mol. The summed E-state index contributed by atoms with van der Waals surface area (Å²) in [5.74, 6) is -0.671. The second-order valence-electron chi connectivity index (χ2n) is 5.43. The molecule has 1 atom stereocenters. The molecule has 0 saturated heterocycles. The van der Waals surface area contributed by atoms with E-state index in [0.29, 0.717) is 0 Å². The highest BCUT2D eigenvalue weighted by atomic mass is 16.4. The number of aliphatic carboxylic acids is 1. The number of hydrogen-bond donors (Lipinski definition) is 1. The lowest BCUT2D eigenvalue weighted by atomic mass is 9.67. The summed E-state index contributed by atoms with van der Waals surface area (Å²) in [4.78, 5) is 13.2. The van der Waals surface area contributed by atoms with Crippen LogP contribution in [0.25, 0.3) is 0 Å². The van der Waals surface area contributed by atoms with E-state index in [4.69, 9.17) is 0 Å². The van der Waals surface area contributed by atoms with Gasteiger partial charge in [0.1, 0.15) is 5.54 Å². The minimum atomic E-state index is -0.671. The lowest BCUT2D eigenvalue weighted by Gasteiger charge is -2.45. The lowest BCUT2D eigenvalue weighted by Crippen LogP contribution is -2.55. The normalized spacial score (nSPS) is 31.8. The summed E-state index contributed by atoms with van der Waals surface area (Å²) in [5, 5.41) is 9.35. The van der Waals surface area contributed by atoms with E-state index in [1.807, 2.05) is 19.0 Å². The van der Waals surface area contributed by atoms with Crippen molar-refractivity contribution in [3.05, 3.63) is 0 Å². The van der Waals surface area contributed by atoms with Crippen molar-refractivity contribution in [2.24, 2.45) is 5.41 Å². The van der Waals surface area contributed by atoms with Gasteiger partial charge in [0.15, 0.2) is 0 Å². The molecule has 0 aromatic heterocycles. The monoisotopic (exact) mass is 199 g/mol. The molecule has 0 aliphatic heterocycles. The van der Waals surface area contributed by atoms with Crippen LogP contribution in [-0.2, 0) is 4.79 Å². The van der Waals surface area contributed by atoms with Crippen molar-refractivity contribution < 1.29 is 9.90 Å². The standard InChI is InChI=1S/C11H21NO2/c1-10(2)6-5-7-11(8-10,9(13)14)12(3)4/h5-8H2,1-4H3,(H,13,14). The van der Waals surface area contributed by atoms with Crippen LogP contribution in [0.3, 0.4) is 0 Å². The lowest BCUT2D eigenvalue weighted by molar-refractivity contribution is -0.155. The Morgan fingerprint density at radius 1 is 1.29 bits per heavy atom. The molecule has 1 aliphatic carbocycles. The van der Waals surface area contributed by atoms with Crippen LogP contribution in [0.2, 0.25) is 0 Å². The van der Waals surface area contributed by atoms with Gasteiger partial charge in [0.25, 0.3) is 0 Å². The minimum absolute atomic E-state index is 0.154. The second-order valence-corrected chi connectivity index (χ2v) is 5.43. The van der Waals surface area contributed by atoms with Crippen molar-refractivity contribution in [3.63, 3.8) is 0 Å². The van der Waals surface area contributed by atoms with Crippen LogP contribution in [0.15, 0.2) is 0 Å². The summed E-state index contributed by atoms with van der Waals surface area (Å²) in [5.41, 5.74) is -0.483. The van der Waals surface area contributed by atoms with Gasteiger partial charge in [0.2, 0.25) is 0 Å². The third-order valence-corrected chi connectivity index (χ3v) is 3.47. The molecule has 0 heterocycles. The fourth-order valence-electron chi connectivity index (χ4n) is 2.58. The quantitative estimate of drug-likeness (QED) is 0.739. The zero-order valence-electron chi connectivity index (χ0n) is 9.63. The summed E-state index contributed by atoms with van der Waals surface area (Å²) in [7, 11) is 3.74. The first-order valence-corrected chi connectivity index (χ1v) is 5.21. The molecule has 3 nitrogen and oxygen atoms in total. The molecule has 1 rings (SSSR count). The van der Waals surface area contributed by atoms with Crippen LogP contribution in [0, 0.1) is 5.41 Å². The van der Waals surface area contributed by atoms with Gasteiger partial charge in [-0.15, -0.1) is 0 Å². The molecule has 0 amide bonds. The molecule has 14 heavy (non-hydrogen) atoms. The van der Waals surface area contributed by atoms with Gasteiger partial charge >= 0.3 is 5.97 Å². The van der Waals surface area contributed by atoms with Crippen molar-refractivity contribution in [1.82, 2.24) is 4.90 Å². The summed E-state index contributed by atoms with van der Waals surface area (Å²) in [6.45, 7) is 4.32. The zero-order valence-corrected chi connectivity index (χ0v) is 9.63. The van der Waals surface area contributed by atoms with Crippen LogP contribution in [0.1, 0.15) is 39.5 Å². The van der Waals surface area contributed by atoms with Gasteiger partial charge in [-0.3, -0.25) is 9.69 Å². The zero-order chi connectivity index (χ0) is 11.0. The molecule has 1 saturated carbocycles. The SMILES string of the molecule is CN(C)C1(C(=O)O)CCCC(C)(C)C1. The molecule has 0 aromatic rings. The molecule has 1 fully saturated rings. The summed E-state index contributed by atoms with van der Waals surface area (Å²) in [6, 6.07) is 0. The predicted molar refractivity (Wildman–Crippen MR) is 56.3 cm³/mol. The van der Waals surface area contributed by atoms with Crippen LogP contribution in [-0.4, -0.2) is 35.6 Å².